The van der Waals surface area contributed by atoms with Gasteiger partial charge in [0, 0.05) is 5.56 Å². The average molecular weight is 369 g/mol. The molecule has 0 unspecified atom stereocenters. The summed E-state index contributed by atoms with van der Waals surface area (Å²) in [5.41, 5.74) is 0.0507. The van der Waals surface area contributed by atoms with Crippen LogP contribution in [0.4, 0.5) is 0 Å². The fourth-order valence-corrected chi connectivity index (χ4v) is 2.52. The molecule has 8 nitrogen and oxygen atoms in total. The highest BCUT2D eigenvalue weighted by molar-refractivity contribution is 6.32. The molecule has 0 spiro atoms. The fraction of sp³-hybridized carbons (Fsp3) is 0.250. The molecule has 1 aromatic heterocycles. The molecule has 133 valence electrons. The molecule has 0 saturated heterocycles. The number of carbonyl (C=O) groups is 2. The summed E-state index contributed by atoms with van der Waals surface area (Å²) >= 11 is 6.11. The Bertz CT molecular complexity index is 815. The number of rotatable bonds is 7. The summed E-state index contributed by atoms with van der Waals surface area (Å²) in [7, 11) is 4.02. The number of hydrogen-bond acceptors (Lipinski definition) is 7. The first kappa shape index (κ1) is 18.6. The molecule has 0 amide bonds. The molecule has 0 aliphatic rings. The second kappa shape index (κ2) is 7.43. The SMILES string of the molecule is COc1cc(C(=O)O)c([C](C=O)c2onc(C)c2Cl)c(OC)c1OC. The number of aryl methyl sites for hydroxylation is 1. The number of carbonyl (C=O) groups excluding carboxylic acids is 1. The van der Waals surface area contributed by atoms with Gasteiger partial charge in [-0.3, -0.25) is 0 Å². The summed E-state index contributed by atoms with van der Waals surface area (Å²) in [4.78, 5) is 23.5. The molecular formula is C16H15ClNO7. The van der Waals surface area contributed by atoms with E-state index in [2.05, 4.69) is 5.16 Å². The molecular weight excluding hydrogens is 354 g/mol. The Kier molecular flexibility index (Phi) is 5.53. The van der Waals surface area contributed by atoms with Crippen molar-refractivity contribution in [3.05, 3.63) is 39.6 Å². The van der Waals surface area contributed by atoms with Crippen molar-refractivity contribution in [3.8, 4) is 17.2 Å². The van der Waals surface area contributed by atoms with Gasteiger partial charge in [-0.15, -0.1) is 0 Å². The van der Waals surface area contributed by atoms with Gasteiger partial charge in [0.15, 0.2) is 17.3 Å². The Morgan fingerprint density at radius 1 is 1.24 bits per heavy atom. The topological polar surface area (TPSA) is 108 Å². The number of halogens is 1. The number of aldehydes is 1. The summed E-state index contributed by atoms with van der Waals surface area (Å²) in [6, 6.07) is 1.22. The summed E-state index contributed by atoms with van der Waals surface area (Å²) in [6.07, 6.45) is 0.419. The van der Waals surface area contributed by atoms with Crippen molar-refractivity contribution >= 4 is 23.9 Å². The lowest BCUT2D eigenvalue weighted by Crippen LogP contribution is -2.14. The zero-order valence-electron chi connectivity index (χ0n) is 13.9. The van der Waals surface area contributed by atoms with Crippen LogP contribution in [0.15, 0.2) is 10.6 Å². The highest BCUT2D eigenvalue weighted by atomic mass is 35.5. The van der Waals surface area contributed by atoms with E-state index >= 15 is 0 Å². The molecule has 0 bridgehead atoms. The summed E-state index contributed by atoms with van der Waals surface area (Å²) < 4.78 is 20.8. The second-order valence-corrected chi connectivity index (χ2v) is 5.19. The van der Waals surface area contributed by atoms with Crippen LogP contribution < -0.4 is 14.2 Å². The van der Waals surface area contributed by atoms with E-state index in [4.69, 9.17) is 30.3 Å². The number of aromatic nitrogens is 1. The lowest BCUT2D eigenvalue weighted by molar-refractivity contribution is -0.105. The predicted octanol–water partition coefficient (Wildman–Crippen LogP) is 2.53. The molecule has 0 fully saturated rings. The fourth-order valence-electron chi connectivity index (χ4n) is 2.34. The van der Waals surface area contributed by atoms with Gasteiger partial charge in [0.1, 0.15) is 17.2 Å². The van der Waals surface area contributed by atoms with E-state index in [1.807, 2.05) is 0 Å². The number of ether oxygens (including phenoxy) is 3. The molecule has 2 rings (SSSR count). The zero-order chi connectivity index (χ0) is 18.7. The molecule has 1 aromatic carbocycles. The standard InChI is InChI=1S/C16H15ClNO7/c1-7-12(17)13(25-18-7)9(6-19)11-8(16(20)21)5-10(22-2)14(23-3)15(11)24-4/h5-6H,1-4H3,(H,20,21). The minimum atomic E-state index is -1.30. The molecule has 9 heteroatoms. The van der Waals surface area contributed by atoms with Gasteiger partial charge < -0.3 is 28.6 Å². The Balaban J connectivity index is 2.87. The van der Waals surface area contributed by atoms with Crippen molar-refractivity contribution in [1.82, 2.24) is 5.16 Å². The Labute approximate surface area is 148 Å². The number of nitrogens with zero attached hydrogens (tertiary/aromatic N) is 1. The minimum Gasteiger partial charge on any atom is -0.493 e. The van der Waals surface area contributed by atoms with Crippen LogP contribution in [0.5, 0.6) is 17.2 Å². The van der Waals surface area contributed by atoms with Gasteiger partial charge in [0.2, 0.25) is 5.75 Å². The van der Waals surface area contributed by atoms with Crippen LogP contribution in [-0.4, -0.2) is 43.8 Å². The van der Waals surface area contributed by atoms with Crippen molar-refractivity contribution in [2.75, 3.05) is 21.3 Å². The van der Waals surface area contributed by atoms with Crippen LogP contribution in [0.2, 0.25) is 5.02 Å². The van der Waals surface area contributed by atoms with Gasteiger partial charge in [0.05, 0.1) is 32.6 Å². The molecule has 25 heavy (non-hydrogen) atoms. The molecule has 0 aliphatic heterocycles. The summed E-state index contributed by atoms with van der Waals surface area (Å²) in [5, 5.41) is 13.4. The van der Waals surface area contributed by atoms with E-state index in [-0.39, 0.29) is 45.1 Å². The molecule has 0 saturated carbocycles. The number of hydrogen-bond donors (Lipinski definition) is 1. The van der Waals surface area contributed by atoms with Crippen LogP contribution in [0.1, 0.15) is 27.4 Å². The molecule has 1 heterocycles. The van der Waals surface area contributed by atoms with E-state index in [1.165, 1.54) is 27.4 Å². The lowest BCUT2D eigenvalue weighted by atomic mass is 9.91. The third-order valence-electron chi connectivity index (χ3n) is 3.48. The van der Waals surface area contributed by atoms with Crippen molar-refractivity contribution in [3.63, 3.8) is 0 Å². The van der Waals surface area contributed by atoms with Crippen molar-refractivity contribution in [2.24, 2.45) is 0 Å². The van der Waals surface area contributed by atoms with Gasteiger partial charge in [-0.05, 0) is 13.0 Å². The van der Waals surface area contributed by atoms with Crippen molar-refractivity contribution in [1.29, 1.82) is 0 Å². The maximum Gasteiger partial charge on any atom is 0.336 e. The van der Waals surface area contributed by atoms with E-state index in [1.54, 1.807) is 6.92 Å². The van der Waals surface area contributed by atoms with E-state index in [9.17, 15) is 14.7 Å². The highest BCUT2D eigenvalue weighted by Crippen LogP contribution is 2.46. The number of benzene rings is 1. The largest absolute Gasteiger partial charge is 0.493 e. The quantitative estimate of drug-likeness (QED) is 0.743. The molecule has 0 aliphatic carbocycles. The van der Waals surface area contributed by atoms with Gasteiger partial charge in [-0.2, -0.15) is 0 Å². The normalized spacial score (nSPS) is 10.6. The van der Waals surface area contributed by atoms with E-state index in [0.717, 1.165) is 0 Å². The predicted molar refractivity (Wildman–Crippen MR) is 86.8 cm³/mol. The number of carboxylic acid groups (broad SMARTS) is 1. The molecule has 0 atom stereocenters. The maximum absolute atomic E-state index is 11.8. The third-order valence-corrected chi connectivity index (χ3v) is 3.93. The number of methoxy groups -OCH3 is 3. The minimum absolute atomic E-state index is 0.00790. The van der Waals surface area contributed by atoms with Crippen molar-refractivity contribution < 1.29 is 33.4 Å². The van der Waals surface area contributed by atoms with E-state index in [0.29, 0.717) is 12.0 Å². The third kappa shape index (κ3) is 3.12. The summed E-state index contributed by atoms with van der Waals surface area (Å²) in [5.74, 6) is -1.27. The van der Waals surface area contributed by atoms with Crippen LogP contribution in [0.3, 0.4) is 0 Å². The smallest absolute Gasteiger partial charge is 0.336 e. The zero-order valence-corrected chi connectivity index (χ0v) is 14.6. The summed E-state index contributed by atoms with van der Waals surface area (Å²) in [6.45, 7) is 1.59. The van der Waals surface area contributed by atoms with Crippen LogP contribution in [0, 0.1) is 12.8 Å². The second-order valence-electron chi connectivity index (χ2n) is 4.82. The van der Waals surface area contributed by atoms with Crippen molar-refractivity contribution in [2.45, 2.75) is 6.92 Å². The van der Waals surface area contributed by atoms with Gasteiger partial charge in [-0.1, -0.05) is 16.8 Å². The molecule has 1 N–H and O–H groups in total. The Morgan fingerprint density at radius 2 is 1.88 bits per heavy atom. The molecule has 2 aromatic rings. The Hall–Kier alpha value is -2.74. The Morgan fingerprint density at radius 3 is 2.28 bits per heavy atom. The van der Waals surface area contributed by atoms with Crippen LogP contribution in [-0.2, 0) is 4.79 Å². The number of carboxylic acids is 1. The highest BCUT2D eigenvalue weighted by Gasteiger charge is 2.34. The maximum atomic E-state index is 11.8. The number of aromatic carboxylic acids is 1. The first-order chi connectivity index (χ1) is 11.9. The van der Waals surface area contributed by atoms with E-state index < -0.39 is 5.97 Å². The first-order valence-corrected chi connectivity index (χ1v) is 7.29. The van der Waals surface area contributed by atoms with Gasteiger partial charge >= 0.3 is 5.97 Å². The molecule has 1 radical (unpaired) electrons. The monoisotopic (exact) mass is 368 g/mol. The first-order valence-electron chi connectivity index (χ1n) is 6.92. The van der Waals surface area contributed by atoms with Crippen LogP contribution in [0.25, 0.3) is 0 Å². The average Bonchev–Trinajstić information content (AvgIpc) is 2.93. The van der Waals surface area contributed by atoms with Crippen LogP contribution >= 0.6 is 11.6 Å². The lowest BCUT2D eigenvalue weighted by Gasteiger charge is -2.20. The van der Waals surface area contributed by atoms with Gasteiger partial charge in [0.25, 0.3) is 0 Å². The van der Waals surface area contributed by atoms with Gasteiger partial charge in [-0.25, -0.2) is 4.79 Å².